The Morgan fingerprint density at radius 2 is 2.38 bits per heavy atom. The summed E-state index contributed by atoms with van der Waals surface area (Å²) in [5, 5.41) is 14.4. The minimum atomic E-state index is -0.594. The van der Waals surface area contributed by atoms with E-state index in [1.807, 2.05) is 12.1 Å². The Morgan fingerprint density at radius 3 is 2.88 bits per heavy atom. The van der Waals surface area contributed by atoms with Crippen molar-refractivity contribution in [2.75, 3.05) is 0 Å². The minimum Gasteiger partial charge on any atom is -0.358 e. The highest BCUT2D eigenvalue weighted by Gasteiger charge is 2.19. The highest BCUT2D eigenvalue weighted by molar-refractivity contribution is 9.11. The molecular formula is C8H5BrClN3O2S. The maximum Gasteiger partial charge on any atom is 0.408 e. The van der Waals surface area contributed by atoms with Gasteiger partial charge in [-0.3, -0.25) is 0 Å². The van der Waals surface area contributed by atoms with Gasteiger partial charge in [-0.1, -0.05) is 11.6 Å². The Bertz CT molecular complexity index is 539. The van der Waals surface area contributed by atoms with Gasteiger partial charge in [-0.05, 0) is 33.0 Å². The van der Waals surface area contributed by atoms with Crippen molar-refractivity contribution in [1.29, 1.82) is 0 Å². The first-order chi connectivity index (χ1) is 7.56. The summed E-state index contributed by atoms with van der Waals surface area (Å²) >= 11 is 10.6. The second-order valence-corrected chi connectivity index (χ2v) is 5.92. The maximum atomic E-state index is 10.5. The molecule has 8 heteroatoms. The lowest BCUT2D eigenvalue weighted by Crippen LogP contribution is -1.99. The summed E-state index contributed by atoms with van der Waals surface area (Å²) in [5.74, 6) is -0.308. The van der Waals surface area contributed by atoms with Crippen LogP contribution in [-0.2, 0) is 6.54 Å². The summed E-state index contributed by atoms with van der Waals surface area (Å²) in [6.45, 7) is 0.476. The monoisotopic (exact) mass is 321 g/mol. The molecule has 2 heterocycles. The number of hydrogen-bond acceptors (Lipinski definition) is 4. The Hall–Kier alpha value is -0.920. The van der Waals surface area contributed by atoms with Crippen LogP contribution in [0.3, 0.4) is 0 Å². The van der Waals surface area contributed by atoms with Gasteiger partial charge in [0.2, 0.25) is 0 Å². The molecule has 5 nitrogen and oxygen atoms in total. The Labute approximate surface area is 108 Å². The third-order valence-electron chi connectivity index (χ3n) is 1.82. The molecule has 0 saturated heterocycles. The molecule has 2 aromatic rings. The van der Waals surface area contributed by atoms with Crippen LogP contribution in [0.4, 0.5) is 5.82 Å². The van der Waals surface area contributed by atoms with Gasteiger partial charge in [0.05, 0.1) is 21.6 Å². The second kappa shape index (κ2) is 4.52. The van der Waals surface area contributed by atoms with Gasteiger partial charge < -0.3 is 10.1 Å². The van der Waals surface area contributed by atoms with Crippen LogP contribution >= 0.6 is 38.9 Å². The smallest absolute Gasteiger partial charge is 0.358 e. The van der Waals surface area contributed by atoms with Crippen LogP contribution in [0.25, 0.3) is 0 Å². The zero-order chi connectivity index (χ0) is 11.7. The summed E-state index contributed by atoms with van der Waals surface area (Å²) in [5.41, 5.74) is 0. The van der Waals surface area contributed by atoms with Gasteiger partial charge in [-0.25, -0.2) is 0 Å². The average Bonchev–Trinajstić information content (AvgIpc) is 2.73. The molecule has 0 atom stereocenters. The maximum absolute atomic E-state index is 10.5. The summed E-state index contributed by atoms with van der Waals surface area (Å²) < 4.78 is 2.47. The fourth-order valence-electron chi connectivity index (χ4n) is 1.19. The molecule has 0 radical (unpaired) electrons. The molecule has 0 saturated carbocycles. The third kappa shape index (κ3) is 2.42. The molecule has 0 aliphatic heterocycles. The fourth-order valence-corrected chi connectivity index (χ4v) is 2.88. The van der Waals surface area contributed by atoms with E-state index < -0.39 is 4.92 Å². The van der Waals surface area contributed by atoms with Crippen LogP contribution in [0.15, 0.2) is 22.1 Å². The van der Waals surface area contributed by atoms with Crippen molar-refractivity contribution in [3.05, 3.63) is 42.1 Å². The van der Waals surface area contributed by atoms with E-state index in [0.717, 1.165) is 8.66 Å². The summed E-state index contributed by atoms with van der Waals surface area (Å²) in [6.07, 6.45) is 1.45. The third-order valence-corrected chi connectivity index (χ3v) is 3.69. The van der Waals surface area contributed by atoms with Gasteiger partial charge in [0, 0.05) is 4.88 Å². The zero-order valence-electron chi connectivity index (χ0n) is 7.76. The first-order valence-corrected chi connectivity index (χ1v) is 6.16. The van der Waals surface area contributed by atoms with E-state index in [9.17, 15) is 10.1 Å². The molecule has 0 aliphatic carbocycles. The van der Waals surface area contributed by atoms with Crippen molar-refractivity contribution in [2.24, 2.45) is 0 Å². The first kappa shape index (κ1) is 11.6. The Balaban J connectivity index is 2.22. The SMILES string of the molecule is O=[N+]([O-])c1nn(Cc2ccc(Br)s2)cc1Cl. The highest BCUT2D eigenvalue weighted by Crippen LogP contribution is 2.25. The number of nitro groups is 1. The minimum absolute atomic E-state index is 0.0561. The Kier molecular flexibility index (Phi) is 3.27. The zero-order valence-corrected chi connectivity index (χ0v) is 10.9. The van der Waals surface area contributed by atoms with E-state index in [2.05, 4.69) is 21.0 Å². The predicted molar refractivity (Wildman–Crippen MR) is 65.0 cm³/mol. The summed E-state index contributed by atoms with van der Waals surface area (Å²) in [7, 11) is 0. The number of thiophene rings is 1. The van der Waals surface area contributed by atoms with Crippen molar-refractivity contribution in [3.63, 3.8) is 0 Å². The van der Waals surface area contributed by atoms with E-state index in [-0.39, 0.29) is 10.8 Å². The average molecular weight is 323 g/mol. The van der Waals surface area contributed by atoms with Crippen LogP contribution in [0.5, 0.6) is 0 Å². The first-order valence-electron chi connectivity index (χ1n) is 4.18. The molecule has 0 fully saturated rings. The van der Waals surface area contributed by atoms with Gasteiger partial charge in [-0.2, -0.15) is 4.68 Å². The predicted octanol–water partition coefficient (Wildman–Crippen LogP) is 3.32. The Morgan fingerprint density at radius 1 is 1.62 bits per heavy atom. The van der Waals surface area contributed by atoms with Crippen molar-refractivity contribution in [1.82, 2.24) is 9.78 Å². The van der Waals surface area contributed by atoms with Crippen LogP contribution in [0, 0.1) is 10.1 Å². The van der Waals surface area contributed by atoms with Crippen LogP contribution < -0.4 is 0 Å². The number of nitrogens with zero attached hydrogens (tertiary/aromatic N) is 3. The molecule has 0 aromatic carbocycles. The quantitative estimate of drug-likeness (QED) is 0.643. The van der Waals surface area contributed by atoms with E-state index in [1.54, 1.807) is 11.3 Å². The van der Waals surface area contributed by atoms with Crippen LogP contribution in [-0.4, -0.2) is 14.7 Å². The van der Waals surface area contributed by atoms with Crippen molar-refractivity contribution in [2.45, 2.75) is 6.54 Å². The van der Waals surface area contributed by atoms with Crippen molar-refractivity contribution >= 4 is 44.7 Å². The molecule has 0 aliphatic rings. The molecule has 2 rings (SSSR count). The number of hydrogen-bond donors (Lipinski definition) is 0. The number of rotatable bonds is 3. The molecule has 84 valence electrons. The lowest BCUT2D eigenvalue weighted by molar-refractivity contribution is -0.389. The van der Waals surface area contributed by atoms with Crippen LogP contribution in [0.1, 0.15) is 4.88 Å². The molecule has 0 unspecified atom stereocenters. The molecule has 0 N–H and O–H groups in total. The number of halogens is 2. The van der Waals surface area contributed by atoms with Gasteiger partial charge in [0.15, 0.2) is 5.02 Å². The normalized spacial score (nSPS) is 10.6. The van der Waals surface area contributed by atoms with E-state index in [4.69, 9.17) is 11.6 Å². The largest absolute Gasteiger partial charge is 0.408 e. The second-order valence-electron chi connectivity index (χ2n) is 2.96. The lowest BCUT2D eigenvalue weighted by Gasteiger charge is -1.91. The number of aromatic nitrogens is 2. The van der Waals surface area contributed by atoms with E-state index >= 15 is 0 Å². The lowest BCUT2D eigenvalue weighted by atomic mass is 10.5. The van der Waals surface area contributed by atoms with Crippen molar-refractivity contribution in [3.8, 4) is 0 Å². The summed E-state index contributed by atoms with van der Waals surface area (Å²) in [4.78, 5) is 11.0. The van der Waals surface area contributed by atoms with Gasteiger partial charge in [0.1, 0.15) is 0 Å². The van der Waals surface area contributed by atoms with Gasteiger partial charge >= 0.3 is 5.82 Å². The highest BCUT2D eigenvalue weighted by atomic mass is 79.9. The molecular weight excluding hydrogens is 318 g/mol. The van der Waals surface area contributed by atoms with Crippen molar-refractivity contribution < 1.29 is 4.92 Å². The topological polar surface area (TPSA) is 61.0 Å². The standard InChI is InChI=1S/C8H5BrClN3O2S/c9-7-2-1-5(16-7)3-12-4-6(10)8(11-12)13(14)15/h1-2,4H,3H2. The van der Waals surface area contributed by atoms with Gasteiger partial charge in [0.25, 0.3) is 0 Å². The van der Waals surface area contributed by atoms with E-state index in [0.29, 0.717) is 6.54 Å². The molecule has 0 amide bonds. The summed E-state index contributed by atoms with van der Waals surface area (Å²) in [6, 6.07) is 3.84. The van der Waals surface area contributed by atoms with Crippen LogP contribution in [0.2, 0.25) is 5.02 Å². The van der Waals surface area contributed by atoms with Gasteiger partial charge in [-0.15, -0.1) is 11.3 Å². The molecule has 0 spiro atoms. The molecule has 2 aromatic heterocycles. The van der Waals surface area contributed by atoms with E-state index in [1.165, 1.54) is 10.9 Å². The molecule has 0 bridgehead atoms. The molecule has 16 heavy (non-hydrogen) atoms. The fraction of sp³-hybridized carbons (Fsp3) is 0.125.